The van der Waals surface area contributed by atoms with Crippen LogP contribution in [0.1, 0.15) is 33.6 Å². The summed E-state index contributed by atoms with van der Waals surface area (Å²) in [5.74, 6) is -1.45. The molecular weight excluding hydrogens is 336 g/mol. The lowest BCUT2D eigenvalue weighted by molar-refractivity contribution is -0.139. The van der Waals surface area contributed by atoms with Crippen molar-refractivity contribution in [2.75, 3.05) is 13.8 Å². The predicted octanol–water partition coefficient (Wildman–Crippen LogP) is 1.21. The molecule has 2 N–H and O–H groups in total. The lowest BCUT2D eigenvalue weighted by atomic mass is 10.1. The Hall–Kier alpha value is -2.78. The maximum absolute atomic E-state index is 11.8. The van der Waals surface area contributed by atoms with Crippen molar-refractivity contribution in [1.29, 1.82) is 0 Å². The van der Waals surface area contributed by atoms with E-state index in [1.165, 1.54) is 6.08 Å². The molecule has 2 amide bonds. The van der Waals surface area contributed by atoms with Crippen LogP contribution in [0.15, 0.2) is 11.8 Å². The Balaban J connectivity index is 2.73. The Labute approximate surface area is 144 Å². The molecule has 0 bridgehead atoms. The summed E-state index contributed by atoms with van der Waals surface area (Å²) in [4.78, 5) is 46.9. The minimum atomic E-state index is -1.28. The van der Waals surface area contributed by atoms with Gasteiger partial charge in [0.15, 0.2) is 6.73 Å². The second-order valence-electron chi connectivity index (χ2n) is 6.17. The number of amides is 2. The number of methoxy groups -OCH3 is 1. The predicted molar refractivity (Wildman–Crippen MR) is 83.3 cm³/mol. The first-order valence-corrected chi connectivity index (χ1v) is 7.50. The maximum atomic E-state index is 11.8. The Bertz CT molecular complexity index is 579. The van der Waals surface area contributed by atoms with Gasteiger partial charge in [0.2, 0.25) is 0 Å². The zero-order valence-electron chi connectivity index (χ0n) is 14.5. The number of nitrogens with one attached hydrogen (secondary N) is 1. The van der Waals surface area contributed by atoms with Crippen LogP contribution in [0.5, 0.6) is 0 Å². The first kappa shape index (κ1) is 20.3. The zero-order chi connectivity index (χ0) is 19.2. The van der Waals surface area contributed by atoms with Crippen molar-refractivity contribution in [2.24, 2.45) is 0 Å². The summed E-state index contributed by atoms with van der Waals surface area (Å²) < 4.78 is 14.3. The standard InChI is InChI=1S/C15H22N2O8/c1-15(2,3)25-13(20)16-9(11(18)23-4)6-5-7-10-12(19)24-8-17(10)14(21)22/h6,10H,5,7-8H2,1-4H3,(H,16,20)(H,21,22)/b9-6-. The summed E-state index contributed by atoms with van der Waals surface area (Å²) in [7, 11) is 1.15. The molecule has 1 rings (SSSR count). The van der Waals surface area contributed by atoms with Crippen LogP contribution < -0.4 is 5.32 Å². The van der Waals surface area contributed by atoms with Crippen LogP contribution in [0, 0.1) is 0 Å². The minimum absolute atomic E-state index is 0.0849. The molecule has 1 fully saturated rings. The van der Waals surface area contributed by atoms with E-state index in [0.29, 0.717) is 0 Å². The van der Waals surface area contributed by atoms with E-state index in [2.05, 4.69) is 14.8 Å². The van der Waals surface area contributed by atoms with E-state index in [1.807, 2.05) is 0 Å². The molecule has 1 heterocycles. The molecular formula is C15H22N2O8. The highest BCUT2D eigenvalue weighted by atomic mass is 16.6. The Morgan fingerprint density at radius 2 is 2.04 bits per heavy atom. The third-order valence-electron chi connectivity index (χ3n) is 3.07. The van der Waals surface area contributed by atoms with Gasteiger partial charge in [-0.25, -0.2) is 19.2 Å². The fourth-order valence-electron chi connectivity index (χ4n) is 2.00. The van der Waals surface area contributed by atoms with Gasteiger partial charge in [0, 0.05) is 0 Å². The van der Waals surface area contributed by atoms with E-state index < -0.39 is 35.8 Å². The number of alkyl carbamates (subject to hydrolysis) is 1. The molecule has 1 aliphatic heterocycles. The van der Waals surface area contributed by atoms with Crippen LogP contribution in [0.2, 0.25) is 0 Å². The van der Waals surface area contributed by atoms with Crippen LogP contribution >= 0.6 is 0 Å². The minimum Gasteiger partial charge on any atom is -0.465 e. The number of carboxylic acid groups (broad SMARTS) is 1. The van der Waals surface area contributed by atoms with Gasteiger partial charge in [0.05, 0.1) is 7.11 Å². The van der Waals surface area contributed by atoms with Gasteiger partial charge >= 0.3 is 24.1 Å². The van der Waals surface area contributed by atoms with Gasteiger partial charge < -0.3 is 19.3 Å². The fourth-order valence-corrected chi connectivity index (χ4v) is 2.00. The summed E-state index contributed by atoms with van der Waals surface area (Å²) in [6.45, 7) is 4.67. The topological polar surface area (TPSA) is 131 Å². The summed E-state index contributed by atoms with van der Waals surface area (Å²) in [5, 5.41) is 11.3. The number of hydrogen-bond donors (Lipinski definition) is 2. The zero-order valence-corrected chi connectivity index (χ0v) is 14.5. The molecule has 0 radical (unpaired) electrons. The van der Waals surface area contributed by atoms with E-state index in [9.17, 15) is 19.2 Å². The average molecular weight is 358 g/mol. The molecule has 140 valence electrons. The molecule has 0 aliphatic carbocycles. The van der Waals surface area contributed by atoms with Gasteiger partial charge in [0.1, 0.15) is 17.3 Å². The summed E-state index contributed by atoms with van der Waals surface area (Å²) in [6, 6.07) is -0.964. The van der Waals surface area contributed by atoms with Crippen molar-refractivity contribution < 1.29 is 38.5 Å². The molecule has 1 aliphatic rings. The molecule has 0 aromatic heterocycles. The number of nitrogens with zero attached hydrogens (tertiary/aromatic N) is 1. The lowest BCUT2D eigenvalue weighted by Crippen LogP contribution is -2.37. The maximum Gasteiger partial charge on any atom is 0.412 e. The van der Waals surface area contributed by atoms with Crippen molar-refractivity contribution in [3.63, 3.8) is 0 Å². The van der Waals surface area contributed by atoms with Crippen molar-refractivity contribution in [1.82, 2.24) is 10.2 Å². The molecule has 10 heteroatoms. The summed E-state index contributed by atoms with van der Waals surface area (Å²) in [5.41, 5.74) is -0.911. The Morgan fingerprint density at radius 3 is 2.56 bits per heavy atom. The van der Waals surface area contributed by atoms with Crippen molar-refractivity contribution in [2.45, 2.75) is 45.3 Å². The Kier molecular flexibility index (Phi) is 6.77. The SMILES string of the molecule is COC(=O)/C(=C/CCC1C(=O)OCN1C(=O)O)NC(=O)OC(C)(C)C. The lowest BCUT2D eigenvalue weighted by Gasteiger charge is -2.20. The number of allylic oxidation sites excluding steroid dienone is 1. The van der Waals surface area contributed by atoms with Crippen molar-refractivity contribution in [3.05, 3.63) is 11.8 Å². The van der Waals surface area contributed by atoms with Gasteiger partial charge in [-0.1, -0.05) is 6.08 Å². The van der Waals surface area contributed by atoms with Gasteiger partial charge in [0.25, 0.3) is 0 Å². The molecule has 0 spiro atoms. The van der Waals surface area contributed by atoms with Crippen molar-refractivity contribution >= 4 is 24.1 Å². The number of ether oxygens (including phenoxy) is 3. The van der Waals surface area contributed by atoms with E-state index >= 15 is 0 Å². The van der Waals surface area contributed by atoms with E-state index in [-0.39, 0.29) is 25.3 Å². The summed E-state index contributed by atoms with van der Waals surface area (Å²) in [6.07, 6.45) is -0.566. The average Bonchev–Trinajstić information content (AvgIpc) is 2.85. The third-order valence-corrected chi connectivity index (χ3v) is 3.07. The molecule has 0 aromatic carbocycles. The van der Waals surface area contributed by atoms with Gasteiger partial charge in [-0.15, -0.1) is 0 Å². The number of carbonyl (C=O) groups is 4. The fraction of sp³-hybridized carbons (Fsp3) is 0.600. The molecule has 1 atom stereocenters. The molecule has 1 unspecified atom stereocenters. The number of rotatable bonds is 5. The Morgan fingerprint density at radius 1 is 1.40 bits per heavy atom. The number of carbonyl (C=O) groups excluding carboxylic acids is 3. The normalized spacial score (nSPS) is 17.8. The highest BCUT2D eigenvalue weighted by Crippen LogP contribution is 2.17. The summed E-state index contributed by atoms with van der Waals surface area (Å²) >= 11 is 0. The first-order chi connectivity index (χ1) is 11.5. The largest absolute Gasteiger partial charge is 0.465 e. The van der Waals surface area contributed by atoms with E-state index in [4.69, 9.17) is 9.84 Å². The van der Waals surface area contributed by atoms with Gasteiger partial charge in [-0.3, -0.25) is 10.2 Å². The van der Waals surface area contributed by atoms with Crippen LogP contribution in [0.4, 0.5) is 9.59 Å². The quantitative estimate of drug-likeness (QED) is 0.426. The van der Waals surface area contributed by atoms with E-state index in [0.717, 1.165) is 12.0 Å². The highest BCUT2D eigenvalue weighted by molar-refractivity contribution is 5.92. The van der Waals surface area contributed by atoms with Crippen LogP contribution in [0.25, 0.3) is 0 Å². The van der Waals surface area contributed by atoms with Crippen molar-refractivity contribution in [3.8, 4) is 0 Å². The molecule has 25 heavy (non-hydrogen) atoms. The first-order valence-electron chi connectivity index (χ1n) is 7.50. The molecule has 1 saturated heterocycles. The van der Waals surface area contributed by atoms with Gasteiger partial charge in [-0.2, -0.15) is 0 Å². The highest BCUT2D eigenvalue weighted by Gasteiger charge is 2.37. The number of esters is 2. The van der Waals surface area contributed by atoms with Crippen LogP contribution in [-0.2, 0) is 23.8 Å². The van der Waals surface area contributed by atoms with E-state index in [1.54, 1.807) is 20.8 Å². The van der Waals surface area contributed by atoms with Crippen LogP contribution in [-0.4, -0.2) is 59.6 Å². The second kappa shape index (κ2) is 8.36. The second-order valence-corrected chi connectivity index (χ2v) is 6.17. The monoisotopic (exact) mass is 358 g/mol. The number of cyclic esters (lactones) is 1. The molecule has 0 aromatic rings. The molecule has 10 nitrogen and oxygen atoms in total. The molecule has 0 saturated carbocycles. The van der Waals surface area contributed by atoms with Gasteiger partial charge in [-0.05, 0) is 33.6 Å². The smallest absolute Gasteiger partial charge is 0.412 e. The van der Waals surface area contributed by atoms with Crippen LogP contribution in [0.3, 0.4) is 0 Å². The number of hydrogen-bond acceptors (Lipinski definition) is 7. The third kappa shape index (κ3) is 6.32.